The zero-order valence-electron chi connectivity index (χ0n) is 60.8. The third kappa shape index (κ3) is 39.0. The van der Waals surface area contributed by atoms with Crippen molar-refractivity contribution in [2.75, 3.05) is 26.4 Å². The molecule has 582 valence electrons. The Morgan fingerprint density at radius 2 is 0.707 bits per heavy atom. The number of hydrogen-bond acceptors (Lipinski definition) is 23. The van der Waals surface area contributed by atoms with Crippen LogP contribution >= 0.6 is 7.82 Å². The fourth-order valence-corrected chi connectivity index (χ4v) is 13.9. The molecule has 0 aromatic heterocycles. The van der Waals surface area contributed by atoms with Crippen LogP contribution < -0.4 is 0 Å². The van der Waals surface area contributed by atoms with E-state index < -0.39 is 156 Å². The number of phosphoric acid groups is 1. The van der Waals surface area contributed by atoms with Crippen molar-refractivity contribution in [2.24, 2.45) is 0 Å². The van der Waals surface area contributed by atoms with Gasteiger partial charge >= 0.3 is 25.7 Å². The summed E-state index contributed by atoms with van der Waals surface area (Å²) in [7, 11) is -5.70. The maximum atomic E-state index is 14.3. The van der Waals surface area contributed by atoms with Gasteiger partial charge in [0.1, 0.15) is 98.7 Å². The molecule has 0 spiro atoms. The van der Waals surface area contributed by atoms with E-state index in [0.29, 0.717) is 25.7 Å². The number of hydrogen-bond donors (Lipinski definition) is 11. The van der Waals surface area contributed by atoms with Crippen molar-refractivity contribution in [1.29, 1.82) is 0 Å². The van der Waals surface area contributed by atoms with Crippen LogP contribution in [0, 0.1) is 0 Å². The predicted molar refractivity (Wildman–Crippen MR) is 375 cm³/mol. The van der Waals surface area contributed by atoms with Gasteiger partial charge in [-0.2, -0.15) is 0 Å². The maximum Gasteiger partial charge on any atom is 0.472 e. The lowest BCUT2D eigenvalue weighted by Gasteiger charge is -2.49. The maximum absolute atomic E-state index is 14.3. The van der Waals surface area contributed by atoms with Crippen LogP contribution in [0.3, 0.4) is 0 Å². The second-order valence-electron chi connectivity index (χ2n) is 28.1. The highest BCUT2D eigenvalue weighted by molar-refractivity contribution is 7.47. The second-order valence-corrected chi connectivity index (χ2v) is 29.5. The Morgan fingerprint density at radius 1 is 0.384 bits per heavy atom. The molecule has 2 saturated heterocycles. The zero-order valence-corrected chi connectivity index (χ0v) is 61.7. The van der Waals surface area contributed by atoms with Crippen molar-refractivity contribution < 1.29 is 117 Å². The number of phosphoric ester groups is 1. The van der Waals surface area contributed by atoms with Crippen LogP contribution in [0.2, 0.25) is 0 Å². The lowest BCUT2D eigenvalue weighted by Crippen LogP contribution is -2.69. The third-order valence-electron chi connectivity index (χ3n) is 19.3. The molecule has 3 rings (SSSR count). The summed E-state index contributed by atoms with van der Waals surface area (Å²) >= 11 is 0. The minimum atomic E-state index is -5.70. The first-order chi connectivity index (χ1) is 47.8. The summed E-state index contributed by atoms with van der Waals surface area (Å²) in [6.45, 7) is 3.46. The van der Waals surface area contributed by atoms with Crippen molar-refractivity contribution in [3.8, 4) is 0 Å². The SMILES string of the molecule is CCCCCCCCC/C=C\CCCCCC(=O)OC(COC(=O)CCCCCCCCCCCCCCCCC)COP(=O)(O)OC1C(OC2OC(CO)C(O)C(O)C2O)C(O)C(O)C(O)C1OC1OC(COC(=O)CCCCCCCCCCCCCCCCC)C(O)C(O)C1O. The van der Waals surface area contributed by atoms with Crippen LogP contribution in [0.15, 0.2) is 12.2 Å². The molecule has 3 fully saturated rings. The first-order valence-corrected chi connectivity index (χ1v) is 40.5. The van der Waals surface area contributed by atoms with Crippen LogP contribution in [-0.2, 0) is 61.2 Å². The van der Waals surface area contributed by atoms with Crippen LogP contribution in [0.4, 0.5) is 0 Å². The molecule has 11 N–H and O–H groups in total. The molecule has 0 amide bonds. The Balaban J connectivity index is 1.72. The Hall–Kier alpha value is -2.30. The molecule has 18 atom stereocenters. The van der Waals surface area contributed by atoms with E-state index in [1.165, 1.54) is 161 Å². The van der Waals surface area contributed by atoms with Crippen molar-refractivity contribution in [1.82, 2.24) is 0 Å². The zero-order chi connectivity index (χ0) is 72.5. The standard InChI is InChI=1S/C74H137O24P/c1-4-7-10-13-16-19-22-25-28-31-33-36-39-42-45-48-58(76)90-52-55(93-60(78)50-47-44-41-38-35-30-27-24-21-18-15-12-9-6-3)53-92-99(88,89)98-72-70(96-73-68(86)63(81)61(79)56(51-75)94-73)66(84)65(83)67(85)71(72)97-74-69(87)64(82)62(80)57(95-74)54-91-59(77)49-46-43-40-37-34-32-29-26-23-20-17-14-11-8-5-2/h30,35,55-57,61-75,79-87H,4-29,31-34,36-54H2,1-3H3,(H,88,89)/b35-30-. The van der Waals surface area contributed by atoms with Gasteiger partial charge in [-0.3, -0.25) is 23.4 Å². The Bertz CT molecular complexity index is 2090. The van der Waals surface area contributed by atoms with E-state index in [-0.39, 0.29) is 19.3 Å². The van der Waals surface area contributed by atoms with E-state index in [4.69, 9.17) is 42.2 Å². The lowest BCUT2D eigenvalue weighted by atomic mass is 9.84. The number of carbonyl (C=O) groups is 3. The van der Waals surface area contributed by atoms with Crippen molar-refractivity contribution in [2.45, 2.75) is 414 Å². The molecule has 0 aromatic carbocycles. The highest BCUT2D eigenvalue weighted by Gasteiger charge is 2.58. The van der Waals surface area contributed by atoms with E-state index in [2.05, 4.69) is 32.9 Å². The van der Waals surface area contributed by atoms with Gasteiger partial charge in [-0.05, 0) is 44.9 Å². The number of esters is 3. The van der Waals surface area contributed by atoms with Gasteiger partial charge in [-0.25, -0.2) is 4.57 Å². The molecule has 2 aliphatic heterocycles. The summed E-state index contributed by atoms with van der Waals surface area (Å²) < 4.78 is 65.1. The van der Waals surface area contributed by atoms with Crippen LogP contribution in [0.1, 0.15) is 310 Å². The average Bonchev–Trinajstić information content (AvgIpc) is 0.763. The smallest absolute Gasteiger partial charge is 0.463 e. The topological polar surface area (TPSA) is 374 Å². The number of carbonyl (C=O) groups excluding carboxylic acids is 3. The molecule has 18 unspecified atom stereocenters. The molecule has 99 heavy (non-hydrogen) atoms. The molecule has 25 heteroatoms. The van der Waals surface area contributed by atoms with E-state index in [0.717, 1.165) is 83.5 Å². The number of allylic oxidation sites excluding steroid dienone is 2. The third-order valence-corrected chi connectivity index (χ3v) is 20.3. The summed E-state index contributed by atoms with van der Waals surface area (Å²) in [5.41, 5.74) is 0. The van der Waals surface area contributed by atoms with E-state index in [1.54, 1.807) is 0 Å². The summed E-state index contributed by atoms with van der Waals surface area (Å²) in [6, 6.07) is 0. The molecule has 3 aliphatic rings. The summed E-state index contributed by atoms with van der Waals surface area (Å²) in [5.74, 6) is -2.00. The van der Waals surface area contributed by atoms with Gasteiger partial charge in [0.05, 0.1) is 13.2 Å². The molecule has 2 heterocycles. The fraction of sp³-hybridized carbons (Fsp3) is 0.932. The number of aliphatic hydroxyl groups excluding tert-OH is 10. The first kappa shape index (κ1) is 90.9. The Kier molecular flexibility index (Phi) is 51.5. The molecule has 1 saturated carbocycles. The Labute approximate surface area is 592 Å². The highest BCUT2D eigenvalue weighted by Crippen LogP contribution is 2.49. The number of ether oxygens (including phenoxy) is 7. The highest BCUT2D eigenvalue weighted by atomic mass is 31.2. The minimum absolute atomic E-state index is 0.0322. The number of aliphatic hydroxyl groups is 10. The Morgan fingerprint density at radius 3 is 1.10 bits per heavy atom. The van der Waals surface area contributed by atoms with Crippen LogP contribution in [0.25, 0.3) is 0 Å². The van der Waals surface area contributed by atoms with Crippen molar-refractivity contribution in [3.05, 3.63) is 12.2 Å². The van der Waals surface area contributed by atoms with E-state index in [9.17, 15) is 74.9 Å². The van der Waals surface area contributed by atoms with Gasteiger partial charge in [0.2, 0.25) is 0 Å². The summed E-state index contributed by atoms with van der Waals surface area (Å²) in [5, 5.41) is 110. The quantitative estimate of drug-likeness (QED) is 0.00886. The minimum Gasteiger partial charge on any atom is -0.463 e. The first-order valence-electron chi connectivity index (χ1n) is 39.0. The molecular weight excluding hydrogens is 1300 g/mol. The monoisotopic (exact) mass is 1440 g/mol. The number of unbranched alkanes of at least 4 members (excludes halogenated alkanes) is 38. The largest absolute Gasteiger partial charge is 0.472 e. The van der Waals surface area contributed by atoms with Gasteiger partial charge in [0.15, 0.2) is 18.7 Å². The fourth-order valence-electron chi connectivity index (χ4n) is 12.9. The summed E-state index contributed by atoms with van der Waals surface area (Å²) in [4.78, 5) is 51.0. The predicted octanol–water partition coefficient (Wildman–Crippen LogP) is 11.1. The van der Waals surface area contributed by atoms with Crippen molar-refractivity contribution in [3.63, 3.8) is 0 Å². The molecule has 0 radical (unpaired) electrons. The molecule has 0 aromatic rings. The molecular formula is C74H137O24P. The number of rotatable bonds is 61. The van der Waals surface area contributed by atoms with Gasteiger partial charge in [0, 0.05) is 19.3 Å². The second kappa shape index (κ2) is 56.1. The van der Waals surface area contributed by atoms with Gasteiger partial charge in [0.25, 0.3) is 0 Å². The average molecular weight is 1440 g/mol. The molecule has 24 nitrogen and oxygen atoms in total. The molecule has 1 aliphatic carbocycles. The van der Waals surface area contributed by atoms with Gasteiger partial charge < -0.3 is 89.1 Å². The normalized spacial score (nSPS) is 27.5. The van der Waals surface area contributed by atoms with Gasteiger partial charge in [-0.15, -0.1) is 0 Å². The van der Waals surface area contributed by atoms with Crippen LogP contribution in [-0.4, -0.2) is 204 Å². The van der Waals surface area contributed by atoms with Gasteiger partial charge in [-0.1, -0.05) is 258 Å². The summed E-state index contributed by atoms with van der Waals surface area (Å²) in [6.07, 6.45) is 15.5. The van der Waals surface area contributed by atoms with E-state index >= 15 is 0 Å². The van der Waals surface area contributed by atoms with E-state index in [1.807, 2.05) is 0 Å². The van der Waals surface area contributed by atoms with Crippen LogP contribution in [0.5, 0.6) is 0 Å². The van der Waals surface area contributed by atoms with Crippen molar-refractivity contribution >= 4 is 25.7 Å². The molecule has 0 bridgehead atoms. The lowest BCUT2D eigenvalue weighted by molar-refractivity contribution is -0.360.